The summed E-state index contributed by atoms with van der Waals surface area (Å²) in [4.78, 5) is 12.3. The summed E-state index contributed by atoms with van der Waals surface area (Å²) < 4.78 is 0. The molecule has 1 amide bonds. The van der Waals surface area contributed by atoms with E-state index in [1.54, 1.807) is 0 Å². The molecule has 0 saturated carbocycles. The van der Waals surface area contributed by atoms with Crippen molar-refractivity contribution < 1.29 is 15.0 Å². The molecule has 15 heavy (non-hydrogen) atoms. The molecule has 1 aliphatic heterocycles. The van der Waals surface area contributed by atoms with Crippen molar-refractivity contribution in [3.8, 4) is 0 Å². The third-order valence-electron chi connectivity index (χ3n) is 3.02. The Balaban J connectivity index is 2.97. The van der Waals surface area contributed by atoms with Gasteiger partial charge in [0.1, 0.15) is 0 Å². The summed E-state index contributed by atoms with van der Waals surface area (Å²) in [6.07, 6.45) is -1.62. The van der Waals surface area contributed by atoms with Crippen LogP contribution in [0.25, 0.3) is 0 Å². The van der Waals surface area contributed by atoms with Crippen LogP contribution in [0.15, 0.2) is 0 Å². The predicted molar refractivity (Wildman–Crippen MR) is 56.5 cm³/mol. The van der Waals surface area contributed by atoms with E-state index in [0.717, 1.165) is 0 Å². The van der Waals surface area contributed by atoms with Crippen LogP contribution in [0.3, 0.4) is 0 Å². The molecule has 0 aromatic heterocycles. The molecule has 0 radical (unpaired) electrons. The number of rotatable bonds is 1. The number of amides is 1. The molecule has 5 heteroatoms. The first-order chi connectivity index (χ1) is 6.79. The molecule has 1 rings (SSSR count). The molecule has 1 saturated heterocycles. The highest BCUT2D eigenvalue weighted by Crippen LogP contribution is 2.36. The lowest BCUT2D eigenvalue weighted by Gasteiger charge is -2.36. The fourth-order valence-electron chi connectivity index (χ4n) is 2.48. The van der Waals surface area contributed by atoms with Crippen LogP contribution in [0.5, 0.6) is 0 Å². The van der Waals surface area contributed by atoms with Gasteiger partial charge in [-0.3, -0.25) is 0 Å². The van der Waals surface area contributed by atoms with Gasteiger partial charge in [0.05, 0.1) is 12.6 Å². The van der Waals surface area contributed by atoms with Crippen molar-refractivity contribution in [1.82, 2.24) is 4.90 Å². The van der Waals surface area contributed by atoms with E-state index in [1.807, 2.05) is 20.8 Å². The standard InChI is InChI=1S/C10H20N2O3/c1-10(2,3)8-6(4-11)7(13)5-12(8)9(14)15/h6-8,13H,4-5,11H2,1-3H3,(H,14,15)/t6-,7-,8?/m0/s1. The van der Waals surface area contributed by atoms with Crippen molar-refractivity contribution >= 4 is 6.09 Å². The van der Waals surface area contributed by atoms with Crippen molar-refractivity contribution in [3.05, 3.63) is 0 Å². The van der Waals surface area contributed by atoms with Gasteiger partial charge in [-0.1, -0.05) is 20.8 Å². The Kier molecular flexibility index (Phi) is 3.25. The summed E-state index contributed by atoms with van der Waals surface area (Å²) in [6, 6.07) is -0.213. The lowest BCUT2D eigenvalue weighted by molar-refractivity contribution is 0.0885. The Bertz CT molecular complexity index is 250. The summed E-state index contributed by atoms with van der Waals surface area (Å²) in [5, 5.41) is 18.8. The Hall–Kier alpha value is -0.810. The topological polar surface area (TPSA) is 86.8 Å². The summed E-state index contributed by atoms with van der Waals surface area (Å²) in [5.41, 5.74) is 5.39. The Labute approximate surface area is 89.9 Å². The Morgan fingerprint density at radius 2 is 2.07 bits per heavy atom. The third kappa shape index (κ3) is 2.23. The van der Waals surface area contributed by atoms with Crippen LogP contribution in [-0.2, 0) is 0 Å². The van der Waals surface area contributed by atoms with Gasteiger partial charge in [-0.15, -0.1) is 0 Å². The fourth-order valence-corrected chi connectivity index (χ4v) is 2.48. The molecular formula is C10H20N2O3. The minimum absolute atomic E-state index is 0.166. The number of β-amino-alcohol motifs (C(OH)–C–C–N with tert-alkyl or cyclic N) is 1. The molecule has 0 aromatic carbocycles. The van der Waals surface area contributed by atoms with E-state index in [-0.39, 0.29) is 23.9 Å². The van der Waals surface area contributed by atoms with Crippen molar-refractivity contribution in [3.63, 3.8) is 0 Å². The van der Waals surface area contributed by atoms with E-state index < -0.39 is 12.2 Å². The zero-order valence-corrected chi connectivity index (χ0v) is 9.47. The molecule has 0 aromatic rings. The number of nitrogens with two attached hydrogens (primary N) is 1. The number of aliphatic hydroxyl groups is 1. The third-order valence-corrected chi connectivity index (χ3v) is 3.02. The molecule has 4 N–H and O–H groups in total. The maximum Gasteiger partial charge on any atom is 0.407 e. The highest BCUT2D eigenvalue weighted by molar-refractivity contribution is 5.66. The summed E-state index contributed by atoms with van der Waals surface area (Å²) >= 11 is 0. The van der Waals surface area contributed by atoms with Crippen LogP contribution in [0.1, 0.15) is 20.8 Å². The van der Waals surface area contributed by atoms with Crippen molar-refractivity contribution in [1.29, 1.82) is 0 Å². The second-order valence-electron chi connectivity index (χ2n) is 5.21. The molecule has 1 aliphatic rings. The Morgan fingerprint density at radius 3 is 2.40 bits per heavy atom. The number of hydrogen-bond donors (Lipinski definition) is 3. The van der Waals surface area contributed by atoms with Crippen LogP contribution in [-0.4, -0.2) is 46.4 Å². The van der Waals surface area contributed by atoms with E-state index >= 15 is 0 Å². The fraction of sp³-hybridized carbons (Fsp3) is 0.900. The van der Waals surface area contributed by atoms with Crippen LogP contribution in [0.4, 0.5) is 4.79 Å². The van der Waals surface area contributed by atoms with Gasteiger partial charge in [-0.25, -0.2) is 4.79 Å². The first kappa shape index (κ1) is 12.3. The van der Waals surface area contributed by atoms with E-state index in [1.165, 1.54) is 4.90 Å². The molecule has 1 fully saturated rings. The molecule has 5 nitrogen and oxygen atoms in total. The first-order valence-electron chi connectivity index (χ1n) is 5.16. The zero-order valence-electron chi connectivity index (χ0n) is 9.47. The van der Waals surface area contributed by atoms with Gasteiger partial charge in [-0.2, -0.15) is 0 Å². The minimum atomic E-state index is -0.982. The number of carboxylic acid groups (broad SMARTS) is 1. The number of carbonyl (C=O) groups is 1. The average molecular weight is 216 g/mol. The van der Waals surface area contributed by atoms with E-state index in [9.17, 15) is 9.90 Å². The number of aliphatic hydroxyl groups excluding tert-OH is 1. The zero-order chi connectivity index (χ0) is 11.8. The van der Waals surface area contributed by atoms with Crippen molar-refractivity contribution in [2.24, 2.45) is 17.1 Å². The maximum atomic E-state index is 11.0. The molecule has 88 valence electrons. The second kappa shape index (κ2) is 3.98. The predicted octanol–water partition coefficient (Wildman–Crippen LogP) is 0.331. The lowest BCUT2D eigenvalue weighted by Crippen LogP contribution is -2.47. The van der Waals surface area contributed by atoms with Gasteiger partial charge in [0.2, 0.25) is 0 Å². The van der Waals surface area contributed by atoms with Crippen LogP contribution >= 0.6 is 0 Å². The molecule has 0 aliphatic carbocycles. The normalized spacial score (nSPS) is 32.1. The molecule has 1 unspecified atom stereocenters. The van der Waals surface area contributed by atoms with Gasteiger partial charge < -0.3 is 20.8 Å². The highest BCUT2D eigenvalue weighted by atomic mass is 16.4. The Morgan fingerprint density at radius 1 is 1.53 bits per heavy atom. The van der Waals surface area contributed by atoms with E-state index in [2.05, 4.69) is 0 Å². The molecule has 0 spiro atoms. The number of likely N-dealkylation sites (tertiary alicyclic amines) is 1. The average Bonchev–Trinajstić information content (AvgIpc) is 2.41. The van der Waals surface area contributed by atoms with E-state index in [4.69, 9.17) is 10.8 Å². The lowest BCUT2D eigenvalue weighted by atomic mass is 9.79. The molecule has 0 bridgehead atoms. The van der Waals surface area contributed by atoms with Gasteiger partial charge in [0.25, 0.3) is 0 Å². The largest absolute Gasteiger partial charge is 0.465 e. The van der Waals surface area contributed by atoms with Gasteiger partial charge in [0, 0.05) is 12.0 Å². The first-order valence-corrected chi connectivity index (χ1v) is 5.16. The highest BCUT2D eigenvalue weighted by Gasteiger charge is 2.47. The molecule has 1 heterocycles. The SMILES string of the molecule is CC(C)(C)C1[C@@H](CN)[C@@H](O)CN1C(=O)O. The smallest absolute Gasteiger partial charge is 0.407 e. The van der Waals surface area contributed by atoms with Gasteiger partial charge in [-0.05, 0) is 12.0 Å². The summed E-state index contributed by atoms with van der Waals surface area (Å²) in [7, 11) is 0. The van der Waals surface area contributed by atoms with Gasteiger partial charge >= 0.3 is 6.09 Å². The van der Waals surface area contributed by atoms with E-state index in [0.29, 0.717) is 6.54 Å². The van der Waals surface area contributed by atoms with Crippen molar-refractivity contribution in [2.75, 3.05) is 13.1 Å². The minimum Gasteiger partial charge on any atom is -0.465 e. The molecule has 3 atom stereocenters. The van der Waals surface area contributed by atoms with Gasteiger partial charge in [0.15, 0.2) is 0 Å². The monoisotopic (exact) mass is 216 g/mol. The second-order valence-corrected chi connectivity index (χ2v) is 5.21. The number of nitrogens with zero attached hydrogens (tertiary/aromatic N) is 1. The maximum absolute atomic E-state index is 11.0. The summed E-state index contributed by atoms with van der Waals surface area (Å²) in [5.74, 6) is -0.166. The molecular weight excluding hydrogens is 196 g/mol. The summed E-state index contributed by atoms with van der Waals surface area (Å²) in [6.45, 7) is 6.38. The quantitative estimate of drug-likeness (QED) is 0.589. The van der Waals surface area contributed by atoms with Crippen molar-refractivity contribution in [2.45, 2.75) is 32.9 Å². The van der Waals surface area contributed by atoms with Crippen LogP contribution < -0.4 is 5.73 Å². The number of hydrogen-bond acceptors (Lipinski definition) is 3. The van der Waals surface area contributed by atoms with Crippen LogP contribution in [0, 0.1) is 11.3 Å². The van der Waals surface area contributed by atoms with Crippen LogP contribution in [0.2, 0.25) is 0 Å².